The van der Waals surface area contributed by atoms with E-state index < -0.39 is 15.6 Å². The van der Waals surface area contributed by atoms with Gasteiger partial charge >= 0.3 is 6.09 Å². The fourth-order valence-electron chi connectivity index (χ4n) is 2.72. The summed E-state index contributed by atoms with van der Waals surface area (Å²) in [6.45, 7) is 4.61. The normalized spacial score (nSPS) is 22.1. The van der Waals surface area contributed by atoms with Crippen LogP contribution in [0.2, 0.25) is 0 Å². The van der Waals surface area contributed by atoms with E-state index in [0.717, 1.165) is 10.4 Å². The molecule has 1 amide bonds. The first-order chi connectivity index (χ1) is 9.23. The minimum atomic E-state index is -3.47. The van der Waals surface area contributed by atoms with Gasteiger partial charge in [0.2, 0.25) is 0 Å². The van der Waals surface area contributed by atoms with Crippen molar-refractivity contribution >= 4 is 27.5 Å². The van der Waals surface area contributed by atoms with Crippen molar-refractivity contribution in [2.24, 2.45) is 0 Å². The number of sulfonamides is 1. The molecule has 0 unspecified atom stereocenters. The summed E-state index contributed by atoms with van der Waals surface area (Å²) in [4.78, 5) is 13.9. The van der Waals surface area contributed by atoms with Gasteiger partial charge in [-0.2, -0.15) is 4.31 Å². The molecule has 2 aliphatic rings. The van der Waals surface area contributed by atoms with Gasteiger partial charge in [0.1, 0.15) is 4.21 Å². The Balaban J connectivity index is 1.80. The molecular formula is C12H16N2O4S2. The predicted molar refractivity (Wildman–Crippen MR) is 74.4 cm³/mol. The maximum Gasteiger partial charge on any atom is 0.410 e. The lowest BCUT2D eigenvalue weighted by Crippen LogP contribution is -2.65. The Bertz CT molecular complexity index is 674. The molecule has 110 valence electrons. The van der Waals surface area contributed by atoms with Gasteiger partial charge in [-0.05, 0) is 25.5 Å². The second-order valence-corrected chi connectivity index (χ2v) is 8.90. The molecule has 0 radical (unpaired) electrons. The zero-order chi connectivity index (χ0) is 14.7. The smallest absolute Gasteiger partial charge is 0.410 e. The fraction of sp³-hybridized carbons (Fsp3) is 0.583. The number of likely N-dealkylation sites (N-methyl/N-ethyl adjacent to an activating group) is 1. The van der Waals surface area contributed by atoms with Crippen LogP contribution in [0.25, 0.3) is 0 Å². The molecule has 3 rings (SSSR count). The highest BCUT2D eigenvalue weighted by Crippen LogP contribution is 2.38. The van der Waals surface area contributed by atoms with Gasteiger partial charge < -0.3 is 9.64 Å². The van der Waals surface area contributed by atoms with E-state index >= 15 is 0 Å². The summed E-state index contributed by atoms with van der Waals surface area (Å²) >= 11 is 1.28. The van der Waals surface area contributed by atoms with E-state index in [9.17, 15) is 13.2 Å². The van der Waals surface area contributed by atoms with Crippen LogP contribution in [0.1, 0.15) is 10.4 Å². The summed E-state index contributed by atoms with van der Waals surface area (Å²) in [5.41, 5.74) is 0.119. The molecule has 20 heavy (non-hydrogen) atoms. The Morgan fingerprint density at radius 1 is 1.30 bits per heavy atom. The van der Waals surface area contributed by atoms with Crippen LogP contribution >= 0.6 is 11.3 Å². The van der Waals surface area contributed by atoms with Crippen molar-refractivity contribution in [3.63, 3.8) is 0 Å². The third-order valence-corrected chi connectivity index (χ3v) is 7.20. The zero-order valence-corrected chi connectivity index (χ0v) is 13.2. The van der Waals surface area contributed by atoms with Crippen molar-refractivity contribution < 1.29 is 17.9 Å². The highest BCUT2D eigenvalue weighted by atomic mass is 32.2. The second kappa shape index (κ2) is 4.19. The summed E-state index contributed by atoms with van der Waals surface area (Å²) < 4.78 is 32.1. The topological polar surface area (TPSA) is 66.9 Å². The number of amides is 1. The Morgan fingerprint density at radius 3 is 2.40 bits per heavy atom. The first-order valence-corrected chi connectivity index (χ1v) is 8.50. The number of rotatable bonds is 2. The van der Waals surface area contributed by atoms with Crippen LogP contribution < -0.4 is 0 Å². The average molecular weight is 316 g/mol. The van der Waals surface area contributed by atoms with E-state index in [-0.39, 0.29) is 19.2 Å². The van der Waals surface area contributed by atoms with E-state index in [2.05, 4.69) is 0 Å². The van der Waals surface area contributed by atoms with Gasteiger partial charge in [-0.15, -0.1) is 11.3 Å². The second-order valence-electron chi connectivity index (χ2n) is 5.51. The lowest BCUT2D eigenvalue weighted by Gasteiger charge is -2.44. The molecule has 3 heterocycles. The number of thiophene rings is 1. The Kier molecular flexibility index (Phi) is 2.90. The molecule has 0 bridgehead atoms. The van der Waals surface area contributed by atoms with Crippen LogP contribution in [0, 0.1) is 13.8 Å². The van der Waals surface area contributed by atoms with Crippen LogP contribution in [0.3, 0.4) is 0 Å². The highest BCUT2D eigenvalue weighted by molar-refractivity contribution is 7.91. The van der Waals surface area contributed by atoms with Crippen LogP contribution in [0.15, 0.2) is 10.3 Å². The van der Waals surface area contributed by atoms with E-state index in [1.165, 1.54) is 20.5 Å². The summed E-state index contributed by atoms with van der Waals surface area (Å²) in [5, 5.41) is 0. The third-order valence-electron chi connectivity index (χ3n) is 3.64. The van der Waals surface area contributed by atoms with Crippen LogP contribution in [-0.4, -0.2) is 56.0 Å². The molecule has 2 saturated heterocycles. The van der Waals surface area contributed by atoms with Crippen LogP contribution in [-0.2, 0) is 14.8 Å². The quantitative estimate of drug-likeness (QED) is 0.822. The third kappa shape index (κ3) is 1.94. The van der Waals surface area contributed by atoms with E-state index in [0.29, 0.717) is 10.8 Å². The fourth-order valence-corrected chi connectivity index (χ4v) is 6.11. The lowest BCUT2D eigenvalue weighted by atomic mass is 9.97. The number of carbonyl (C=O) groups is 1. The molecule has 0 N–H and O–H groups in total. The predicted octanol–water partition coefficient (Wildman–Crippen LogP) is 1.19. The Morgan fingerprint density at radius 2 is 1.95 bits per heavy atom. The molecule has 1 aromatic rings. The van der Waals surface area contributed by atoms with Gasteiger partial charge in [-0.1, -0.05) is 0 Å². The molecule has 1 spiro atoms. The number of aryl methyl sites for hydroxylation is 2. The zero-order valence-electron chi connectivity index (χ0n) is 11.5. The highest BCUT2D eigenvalue weighted by Gasteiger charge is 2.56. The first-order valence-electron chi connectivity index (χ1n) is 6.25. The summed E-state index contributed by atoms with van der Waals surface area (Å²) in [6, 6.07) is 1.87. The SMILES string of the molecule is Cc1cc(C)c(S(=O)(=O)N2CC3(CN(C)C(=O)O3)C2)s1. The minimum absolute atomic E-state index is 0.238. The van der Waals surface area contributed by atoms with Crippen molar-refractivity contribution in [3.05, 3.63) is 16.5 Å². The van der Waals surface area contributed by atoms with Crippen molar-refractivity contribution in [1.82, 2.24) is 9.21 Å². The van der Waals surface area contributed by atoms with Crippen LogP contribution in [0.5, 0.6) is 0 Å². The van der Waals surface area contributed by atoms with Gasteiger partial charge in [0, 0.05) is 11.9 Å². The molecule has 0 aliphatic carbocycles. The summed E-state index contributed by atoms with van der Waals surface area (Å²) in [7, 11) is -1.81. The van der Waals surface area contributed by atoms with Crippen molar-refractivity contribution in [3.8, 4) is 0 Å². The first kappa shape index (κ1) is 13.8. The van der Waals surface area contributed by atoms with E-state index in [1.807, 2.05) is 13.0 Å². The maximum atomic E-state index is 12.5. The van der Waals surface area contributed by atoms with E-state index in [4.69, 9.17) is 4.74 Å². The molecular weight excluding hydrogens is 300 g/mol. The minimum Gasteiger partial charge on any atom is -0.438 e. The largest absolute Gasteiger partial charge is 0.438 e. The summed E-state index contributed by atoms with van der Waals surface area (Å²) in [6.07, 6.45) is -0.384. The Labute approximate surface area is 122 Å². The molecule has 2 aliphatic heterocycles. The molecule has 0 aromatic carbocycles. The van der Waals surface area contributed by atoms with Gasteiger partial charge in [0.25, 0.3) is 10.0 Å². The maximum absolute atomic E-state index is 12.5. The number of carbonyl (C=O) groups excluding carboxylic acids is 1. The Hall–Kier alpha value is -1.12. The van der Waals surface area contributed by atoms with Gasteiger partial charge in [-0.25, -0.2) is 13.2 Å². The number of ether oxygens (including phenoxy) is 1. The van der Waals surface area contributed by atoms with Gasteiger partial charge in [-0.3, -0.25) is 0 Å². The van der Waals surface area contributed by atoms with Crippen molar-refractivity contribution in [2.45, 2.75) is 23.7 Å². The molecule has 0 saturated carbocycles. The monoisotopic (exact) mass is 316 g/mol. The van der Waals surface area contributed by atoms with Gasteiger partial charge in [0.15, 0.2) is 5.60 Å². The lowest BCUT2D eigenvalue weighted by molar-refractivity contribution is -0.0334. The number of nitrogens with zero attached hydrogens (tertiary/aromatic N) is 2. The molecule has 1 aromatic heterocycles. The van der Waals surface area contributed by atoms with E-state index in [1.54, 1.807) is 14.0 Å². The van der Waals surface area contributed by atoms with Crippen molar-refractivity contribution in [1.29, 1.82) is 0 Å². The molecule has 8 heteroatoms. The number of hydrogen-bond donors (Lipinski definition) is 0. The molecule has 2 fully saturated rings. The van der Waals surface area contributed by atoms with Gasteiger partial charge in [0.05, 0.1) is 19.6 Å². The average Bonchev–Trinajstić information content (AvgIpc) is 2.78. The molecule has 0 atom stereocenters. The van der Waals surface area contributed by atoms with Crippen molar-refractivity contribution in [2.75, 3.05) is 26.7 Å². The van der Waals surface area contributed by atoms with Crippen LogP contribution in [0.4, 0.5) is 4.79 Å². The standard InChI is InChI=1S/C12H16N2O4S2/c1-8-4-9(2)19-10(8)20(16,17)14-6-12(7-14)5-13(3)11(15)18-12/h4H,5-7H2,1-3H3. The summed E-state index contributed by atoms with van der Waals surface area (Å²) in [5.74, 6) is 0. The number of hydrogen-bond acceptors (Lipinski definition) is 5. The molecule has 6 nitrogen and oxygen atoms in total.